The van der Waals surface area contributed by atoms with E-state index in [0.717, 1.165) is 16.9 Å². The Kier molecular flexibility index (Phi) is 4.92. The molecule has 1 heterocycles. The van der Waals surface area contributed by atoms with Crippen LogP contribution in [0.2, 0.25) is 0 Å². The van der Waals surface area contributed by atoms with Crippen molar-refractivity contribution in [2.45, 2.75) is 39.9 Å². The van der Waals surface area contributed by atoms with Gasteiger partial charge in [0.2, 0.25) is 0 Å². The Morgan fingerprint density at radius 2 is 2.38 bits per heavy atom. The van der Waals surface area contributed by atoms with E-state index in [0.29, 0.717) is 11.5 Å². The lowest BCUT2D eigenvalue weighted by Crippen LogP contribution is -2.29. The van der Waals surface area contributed by atoms with Crippen molar-refractivity contribution in [1.29, 1.82) is 0 Å². The number of rotatable bonds is 5. The van der Waals surface area contributed by atoms with Crippen LogP contribution in [0.3, 0.4) is 0 Å². The third-order valence-corrected chi connectivity index (χ3v) is 3.57. The number of hydrogen-bond acceptors (Lipinski definition) is 4. The Balaban J connectivity index is 2.67. The summed E-state index contributed by atoms with van der Waals surface area (Å²) in [6, 6.07) is 1.84. The molecule has 4 nitrogen and oxygen atoms in total. The number of aryl methyl sites for hydroxylation is 1. The quantitative estimate of drug-likeness (QED) is 0.471. The van der Waals surface area contributed by atoms with E-state index < -0.39 is 0 Å². The molecule has 0 aliphatic rings. The van der Waals surface area contributed by atoms with Crippen molar-refractivity contribution < 1.29 is 9.53 Å². The first-order valence-corrected chi connectivity index (χ1v) is 6.12. The molecule has 16 heavy (non-hydrogen) atoms. The molecule has 1 aromatic rings. The zero-order chi connectivity index (χ0) is 12.1. The van der Waals surface area contributed by atoms with Crippen molar-refractivity contribution in [2.75, 3.05) is 0 Å². The van der Waals surface area contributed by atoms with Crippen molar-refractivity contribution >= 4 is 17.2 Å². The summed E-state index contributed by atoms with van der Waals surface area (Å²) < 4.78 is 5.63. The molecule has 1 atom stereocenters. The van der Waals surface area contributed by atoms with Gasteiger partial charge in [0.15, 0.2) is 0 Å². The Labute approximate surface area is 99.8 Å². The molecule has 1 rings (SSSR count). The summed E-state index contributed by atoms with van der Waals surface area (Å²) in [6.07, 6.45) is 1.23. The van der Waals surface area contributed by atoms with Crippen LogP contribution in [0.15, 0.2) is 6.07 Å². The highest BCUT2D eigenvalue weighted by Crippen LogP contribution is 2.22. The zero-order valence-corrected chi connectivity index (χ0v) is 10.7. The van der Waals surface area contributed by atoms with Gasteiger partial charge < -0.3 is 4.74 Å². The Bertz CT molecular complexity index is 363. The summed E-state index contributed by atoms with van der Waals surface area (Å²) in [7, 11) is 0. The third-order valence-electron chi connectivity index (χ3n) is 2.47. The topological polar surface area (TPSA) is 64.3 Å². The molecule has 1 aromatic heterocycles. The Morgan fingerprint density at radius 3 is 2.94 bits per heavy atom. The number of thiophene rings is 1. The van der Waals surface area contributed by atoms with Crippen molar-refractivity contribution in [2.24, 2.45) is 5.84 Å². The van der Waals surface area contributed by atoms with Gasteiger partial charge in [0.25, 0.3) is 5.91 Å². The monoisotopic (exact) mass is 242 g/mol. The van der Waals surface area contributed by atoms with Crippen LogP contribution in [-0.2, 0) is 11.3 Å². The number of nitrogen functional groups attached to an aromatic ring is 1. The first kappa shape index (κ1) is 13.2. The second-order valence-corrected chi connectivity index (χ2v) is 4.95. The molecule has 1 amide bonds. The summed E-state index contributed by atoms with van der Waals surface area (Å²) in [5.74, 6) is 4.84. The van der Waals surface area contributed by atoms with Gasteiger partial charge in [-0.2, -0.15) is 0 Å². The number of nitrogens with one attached hydrogen (secondary N) is 1. The summed E-state index contributed by atoms with van der Waals surface area (Å²) in [6.45, 7) is 6.65. The van der Waals surface area contributed by atoms with E-state index in [1.165, 1.54) is 11.3 Å². The zero-order valence-electron chi connectivity index (χ0n) is 9.87. The SMILES string of the molecule is CCC(C)OCc1cc(C(=O)NN)sc1C. The van der Waals surface area contributed by atoms with Gasteiger partial charge in [-0.25, -0.2) is 5.84 Å². The summed E-state index contributed by atoms with van der Waals surface area (Å²) in [5, 5.41) is 0. The van der Waals surface area contributed by atoms with E-state index in [2.05, 4.69) is 12.3 Å². The molecule has 0 spiro atoms. The van der Waals surface area contributed by atoms with Crippen molar-refractivity contribution in [3.63, 3.8) is 0 Å². The van der Waals surface area contributed by atoms with Gasteiger partial charge in [0.05, 0.1) is 17.6 Å². The Hall–Kier alpha value is -0.910. The molecule has 0 saturated carbocycles. The predicted molar refractivity (Wildman–Crippen MR) is 65.3 cm³/mol. The molecule has 0 radical (unpaired) electrons. The van der Waals surface area contributed by atoms with Crippen LogP contribution >= 0.6 is 11.3 Å². The minimum Gasteiger partial charge on any atom is -0.374 e. The minimum atomic E-state index is -0.247. The average molecular weight is 242 g/mol. The Morgan fingerprint density at radius 1 is 1.69 bits per heavy atom. The summed E-state index contributed by atoms with van der Waals surface area (Å²) in [5.41, 5.74) is 3.19. The maximum absolute atomic E-state index is 11.3. The first-order chi connectivity index (χ1) is 7.58. The molecular weight excluding hydrogens is 224 g/mol. The molecule has 0 saturated heterocycles. The fourth-order valence-electron chi connectivity index (χ4n) is 1.20. The molecule has 3 N–H and O–H groups in total. The maximum Gasteiger partial charge on any atom is 0.275 e. The highest BCUT2D eigenvalue weighted by atomic mass is 32.1. The number of carbonyl (C=O) groups excluding carboxylic acids is 1. The molecule has 0 bridgehead atoms. The van der Waals surface area contributed by atoms with Crippen LogP contribution in [0.5, 0.6) is 0 Å². The summed E-state index contributed by atoms with van der Waals surface area (Å²) >= 11 is 1.43. The summed E-state index contributed by atoms with van der Waals surface area (Å²) in [4.78, 5) is 13.0. The fraction of sp³-hybridized carbons (Fsp3) is 0.545. The average Bonchev–Trinajstić information content (AvgIpc) is 2.66. The van der Waals surface area contributed by atoms with Crippen molar-refractivity contribution in [1.82, 2.24) is 5.43 Å². The van der Waals surface area contributed by atoms with Gasteiger partial charge in [0.1, 0.15) is 0 Å². The van der Waals surface area contributed by atoms with Gasteiger partial charge in [-0.1, -0.05) is 6.92 Å². The normalized spacial score (nSPS) is 12.5. The van der Waals surface area contributed by atoms with E-state index in [4.69, 9.17) is 10.6 Å². The molecule has 0 fully saturated rings. The lowest BCUT2D eigenvalue weighted by atomic mass is 10.2. The second-order valence-electron chi connectivity index (χ2n) is 3.70. The van der Waals surface area contributed by atoms with Gasteiger partial charge in [-0.15, -0.1) is 11.3 Å². The smallest absolute Gasteiger partial charge is 0.275 e. The van der Waals surface area contributed by atoms with Crippen LogP contribution in [0, 0.1) is 6.92 Å². The van der Waals surface area contributed by atoms with E-state index in [1.54, 1.807) is 0 Å². The highest BCUT2D eigenvalue weighted by Gasteiger charge is 2.11. The molecule has 0 aliphatic heterocycles. The fourth-order valence-corrected chi connectivity index (χ4v) is 2.13. The molecule has 5 heteroatoms. The number of hydrazine groups is 1. The van der Waals surface area contributed by atoms with Gasteiger partial charge in [-0.05, 0) is 31.9 Å². The number of carbonyl (C=O) groups is 1. The second kappa shape index (κ2) is 5.98. The maximum atomic E-state index is 11.3. The first-order valence-electron chi connectivity index (χ1n) is 5.30. The van der Waals surface area contributed by atoms with Crippen LogP contribution in [0.1, 0.15) is 40.4 Å². The lowest BCUT2D eigenvalue weighted by Gasteiger charge is -2.09. The van der Waals surface area contributed by atoms with Crippen molar-refractivity contribution in [3.05, 3.63) is 21.4 Å². The standard InChI is InChI=1S/C11H18N2O2S/c1-4-7(2)15-6-9-5-10(11(14)13-12)16-8(9)3/h5,7H,4,6,12H2,1-3H3,(H,13,14). The number of ether oxygens (including phenoxy) is 1. The highest BCUT2D eigenvalue weighted by molar-refractivity contribution is 7.14. The van der Waals surface area contributed by atoms with Gasteiger partial charge >= 0.3 is 0 Å². The lowest BCUT2D eigenvalue weighted by molar-refractivity contribution is 0.0508. The van der Waals surface area contributed by atoms with Crippen LogP contribution in [0.25, 0.3) is 0 Å². The minimum absolute atomic E-state index is 0.242. The molecule has 0 aliphatic carbocycles. The number of nitrogens with two attached hydrogens (primary N) is 1. The van der Waals surface area contributed by atoms with Crippen LogP contribution < -0.4 is 11.3 Å². The van der Waals surface area contributed by atoms with Crippen molar-refractivity contribution in [3.8, 4) is 0 Å². The largest absolute Gasteiger partial charge is 0.374 e. The van der Waals surface area contributed by atoms with E-state index in [1.807, 2.05) is 19.9 Å². The number of amides is 1. The molecule has 1 unspecified atom stereocenters. The predicted octanol–water partition coefficient (Wildman–Crippen LogP) is 1.98. The van der Waals surface area contributed by atoms with E-state index in [-0.39, 0.29) is 12.0 Å². The number of hydrogen-bond donors (Lipinski definition) is 2. The van der Waals surface area contributed by atoms with Crippen LogP contribution in [-0.4, -0.2) is 12.0 Å². The third kappa shape index (κ3) is 3.30. The molecular formula is C11H18N2O2S. The molecule has 90 valence electrons. The van der Waals surface area contributed by atoms with E-state index >= 15 is 0 Å². The molecule has 0 aromatic carbocycles. The van der Waals surface area contributed by atoms with E-state index in [9.17, 15) is 4.79 Å². The van der Waals surface area contributed by atoms with Gasteiger partial charge in [-0.3, -0.25) is 10.2 Å². The van der Waals surface area contributed by atoms with Gasteiger partial charge in [0, 0.05) is 4.88 Å². The van der Waals surface area contributed by atoms with Crippen LogP contribution in [0.4, 0.5) is 0 Å².